The Labute approximate surface area is 161 Å². The maximum absolute atomic E-state index is 14.0. The normalized spacial score (nSPS) is 11.7. The van der Waals surface area contributed by atoms with E-state index in [9.17, 15) is 17.6 Å². The van der Waals surface area contributed by atoms with E-state index in [0.29, 0.717) is 13.0 Å². The first-order chi connectivity index (χ1) is 11.5. The van der Waals surface area contributed by atoms with Crippen LogP contribution in [0.3, 0.4) is 0 Å². The van der Waals surface area contributed by atoms with Crippen LogP contribution in [0.1, 0.15) is 52.9 Å². The average molecular weight is 410 g/mol. The van der Waals surface area contributed by atoms with Crippen LogP contribution in [0.15, 0.2) is 23.1 Å². The molecule has 0 atom stereocenters. The summed E-state index contributed by atoms with van der Waals surface area (Å²) in [5.41, 5.74) is 4.92. The molecule has 0 unspecified atom stereocenters. The molecule has 150 valence electrons. The van der Waals surface area contributed by atoms with Crippen molar-refractivity contribution in [2.45, 2.75) is 63.3 Å². The van der Waals surface area contributed by atoms with Gasteiger partial charge in [0.1, 0.15) is 10.7 Å². The lowest BCUT2D eigenvalue weighted by Gasteiger charge is -2.20. The molecule has 6 nitrogen and oxygen atoms in total. The second-order valence-corrected chi connectivity index (χ2v) is 8.65. The molecule has 4 N–H and O–H groups in total. The topological polar surface area (TPSA) is 101 Å². The number of nitrogens with two attached hydrogens (primary N) is 1. The van der Waals surface area contributed by atoms with Crippen LogP contribution in [0, 0.1) is 5.82 Å². The van der Waals surface area contributed by atoms with E-state index in [2.05, 4.69) is 10.0 Å². The summed E-state index contributed by atoms with van der Waals surface area (Å²) < 4.78 is 41.0. The molecule has 0 bridgehead atoms. The summed E-state index contributed by atoms with van der Waals surface area (Å²) in [6, 6.07) is 3.52. The zero-order chi connectivity index (χ0) is 19.1. The van der Waals surface area contributed by atoms with Crippen molar-refractivity contribution in [1.29, 1.82) is 0 Å². The van der Waals surface area contributed by atoms with Crippen molar-refractivity contribution >= 4 is 34.0 Å². The minimum atomic E-state index is -4.02. The van der Waals surface area contributed by atoms with Crippen LogP contribution < -0.4 is 15.8 Å². The number of halogens is 2. The van der Waals surface area contributed by atoms with Gasteiger partial charge in [0.05, 0.1) is 0 Å². The van der Waals surface area contributed by atoms with Gasteiger partial charge in [-0.3, -0.25) is 4.79 Å². The third-order valence-electron chi connectivity index (χ3n) is 3.30. The number of benzene rings is 1. The quantitative estimate of drug-likeness (QED) is 0.545. The maximum atomic E-state index is 14.0. The second kappa shape index (κ2) is 10.8. The van der Waals surface area contributed by atoms with Gasteiger partial charge in [-0.05, 0) is 58.4 Å². The Kier molecular flexibility index (Phi) is 10.3. The fourth-order valence-corrected chi connectivity index (χ4v) is 3.78. The van der Waals surface area contributed by atoms with Gasteiger partial charge in [-0.15, -0.1) is 12.4 Å². The van der Waals surface area contributed by atoms with Gasteiger partial charge < -0.3 is 11.1 Å². The number of unbranched alkanes of at least 4 members (excludes halogenated alkanes) is 3. The van der Waals surface area contributed by atoms with Crippen molar-refractivity contribution in [2.24, 2.45) is 5.73 Å². The van der Waals surface area contributed by atoms with E-state index in [0.717, 1.165) is 37.8 Å². The van der Waals surface area contributed by atoms with Crippen LogP contribution in [0.25, 0.3) is 0 Å². The van der Waals surface area contributed by atoms with Gasteiger partial charge in [-0.25, -0.2) is 17.5 Å². The molecule has 1 amide bonds. The number of anilines is 1. The summed E-state index contributed by atoms with van der Waals surface area (Å²) in [5, 5.41) is 2.61. The predicted octanol–water partition coefficient (Wildman–Crippen LogP) is 3.17. The van der Waals surface area contributed by atoms with Crippen molar-refractivity contribution in [3.63, 3.8) is 0 Å². The second-order valence-electron chi connectivity index (χ2n) is 7.00. The molecule has 1 aromatic rings. The lowest BCUT2D eigenvalue weighted by molar-refractivity contribution is -0.116. The Morgan fingerprint density at radius 3 is 2.35 bits per heavy atom. The van der Waals surface area contributed by atoms with Crippen LogP contribution in [-0.2, 0) is 14.8 Å². The summed E-state index contributed by atoms with van der Waals surface area (Å²) in [6.07, 6.45) is 3.86. The Balaban J connectivity index is 0.00000625. The SMILES string of the molecule is CC(C)(C)NS(=O)(=O)c1cc(NC(=O)CCCCCCN)ccc1F.Cl. The Morgan fingerprint density at radius 2 is 1.77 bits per heavy atom. The fraction of sp³-hybridized carbons (Fsp3) is 0.588. The standard InChI is InChI=1S/C17H28FN3O3S.ClH/c1-17(2,3)21-25(23,24)15-12-13(9-10-14(15)18)20-16(22)8-6-4-5-7-11-19;/h9-10,12,21H,4-8,11,19H2,1-3H3,(H,20,22);1H. The van der Waals surface area contributed by atoms with Gasteiger partial charge in [0.2, 0.25) is 15.9 Å². The molecule has 0 spiro atoms. The number of carbonyl (C=O) groups is 1. The molecule has 0 fully saturated rings. The molecule has 0 aliphatic heterocycles. The summed E-state index contributed by atoms with van der Waals surface area (Å²) in [4.78, 5) is 11.4. The van der Waals surface area contributed by atoms with Gasteiger partial charge in [-0.2, -0.15) is 0 Å². The van der Waals surface area contributed by atoms with Crippen molar-refractivity contribution < 1.29 is 17.6 Å². The molecule has 9 heteroatoms. The molecule has 0 heterocycles. The zero-order valence-corrected chi connectivity index (χ0v) is 17.1. The molecule has 26 heavy (non-hydrogen) atoms. The van der Waals surface area contributed by atoms with Gasteiger partial charge in [0.25, 0.3) is 0 Å². The molecule has 1 rings (SSSR count). The third kappa shape index (κ3) is 8.93. The van der Waals surface area contributed by atoms with E-state index >= 15 is 0 Å². The monoisotopic (exact) mass is 409 g/mol. The number of amides is 1. The molecule has 0 radical (unpaired) electrons. The molecule has 1 aromatic carbocycles. The average Bonchev–Trinajstić information content (AvgIpc) is 2.46. The van der Waals surface area contributed by atoms with E-state index in [1.54, 1.807) is 20.8 Å². The van der Waals surface area contributed by atoms with E-state index in [1.165, 1.54) is 6.07 Å². The minimum absolute atomic E-state index is 0. The molecular formula is C17H29ClFN3O3S. The van der Waals surface area contributed by atoms with Crippen LogP contribution >= 0.6 is 12.4 Å². The van der Waals surface area contributed by atoms with Crippen LogP contribution in [0.5, 0.6) is 0 Å². The molecule has 0 aliphatic rings. The highest BCUT2D eigenvalue weighted by molar-refractivity contribution is 7.89. The minimum Gasteiger partial charge on any atom is -0.330 e. The summed E-state index contributed by atoms with van der Waals surface area (Å²) in [5.74, 6) is -1.09. The predicted molar refractivity (Wildman–Crippen MR) is 104 cm³/mol. The highest BCUT2D eigenvalue weighted by Crippen LogP contribution is 2.21. The lowest BCUT2D eigenvalue weighted by atomic mass is 10.1. The van der Waals surface area contributed by atoms with Crippen LogP contribution in [-0.4, -0.2) is 26.4 Å². The van der Waals surface area contributed by atoms with Crippen molar-refractivity contribution in [3.8, 4) is 0 Å². The molecule has 0 aliphatic carbocycles. The molecule has 0 saturated heterocycles. The van der Waals surface area contributed by atoms with E-state index in [4.69, 9.17) is 5.73 Å². The summed E-state index contributed by atoms with van der Waals surface area (Å²) in [7, 11) is -4.02. The summed E-state index contributed by atoms with van der Waals surface area (Å²) >= 11 is 0. The molecule has 0 saturated carbocycles. The van der Waals surface area contributed by atoms with E-state index in [-0.39, 0.29) is 24.0 Å². The lowest BCUT2D eigenvalue weighted by Crippen LogP contribution is -2.40. The number of rotatable bonds is 9. The van der Waals surface area contributed by atoms with Gasteiger partial charge in [0.15, 0.2) is 0 Å². The highest BCUT2D eigenvalue weighted by Gasteiger charge is 2.25. The van der Waals surface area contributed by atoms with Crippen LogP contribution in [0.2, 0.25) is 0 Å². The van der Waals surface area contributed by atoms with Crippen molar-refractivity contribution in [2.75, 3.05) is 11.9 Å². The maximum Gasteiger partial charge on any atom is 0.244 e. The van der Waals surface area contributed by atoms with Crippen molar-refractivity contribution in [3.05, 3.63) is 24.0 Å². The fourth-order valence-electron chi connectivity index (χ4n) is 2.25. The summed E-state index contributed by atoms with van der Waals surface area (Å²) in [6.45, 7) is 5.64. The molecular weight excluding hydrogens is 381 g/mol. The number of sulfonamides is 1. The number of hydrogen-bond donors (Lipinski definition) is 3. The highest BCUT2D eigenvalue weighted by atomic mass is 35.5. The molecule has 0 aromatic heterocycles. The smallest absolute Gasteiger partial charge is 0.244 e. The third-order valence-corrected chi connectivity index (χ3v) is 5.08. The van der Waals surface area contributed by atoms with Crippen LogP contribution in [0.4, 0.5) is 10.1 Å². The van der Waals surface area contributed by atoms with Gasteiger partial charge in [-0.1, -0.05) is 12.8 Å². The number of hydrogen-bond acceptors (Lipinski definition) is 4. The van der Waals surface area contributed by atoms with Gasteiger partial charge in [0, 0.05) is 17.6 Å². The van der Waals surface area contributed by atoms with Gasteiger partial charge >= 0.3 is 0 Å². The number of carbonyl (C=O) groups excluding carboxylic acids is 1. The van der Waals surface area contributed by atoms with E-state index in [1.807, 2.05) is 0 Å². The largest absolute Gasteiger partial charge is 0.330 e. The van der Waals surface area contributed by atoms with E-state index < -0.39 is 26.3 Å². The first-order valence-electron chi connectivity index (χ1n) is 8.38. The number of nitrogens with one attached hydrogen (secondary N) is 2. The van der Waals surface area contributed by atoms with Crippen molar-refractivity contribution in [1.82, 2.24) is 4.72 Å². The Hall–Kier alpha value is -1.22. The zero-order valence-electron chi connectivity index (χ0n) is 15.5. The Bertz CT molecular complexity index is 691. The first-order valence-corrected chi connectivity index (χ1v) is 9.87. The Morgan fingerprint density at radius 1 is 1.15 bits per heavy atom. The first kappa shape index (κ1) is 24.8.